The molecule has 12 heteroatoms. The highest BCUT2D eigenvalue weighted by Gasteiger charge is 2.44. The number of benzene rings is 1. The molecular weight excluding hydrogens is 374 g/mol. The fourth-order valence-electron chi connectivity index (χ4n) is 2.53. The summed E-state index contributed by atoms with van der Waals surface area (Å²) in [6.07, 6.45) is -4.44. The number of aromatic nitrogens is 3. The number of rotatable bonds is 5. The number of nitrogens with two attached hydrogens (primary N) is 1. The summed E-state index contributed by atoms with van der Waals surface area (Å²) in [4.78, 5) is 19.3. The molecule has 28 heavy (non-hydrogen) atoms. The van der Waals surface area contributed by atoms with E-state index in [1.807, 2.05) is 0 Å². The molecule has 2 aromatic rings. The molecule has 0 saturated carbocycles. The highest BCUT2D eigenvalue weighted by molar-refractivity contribution is 6.00. The first-order valence-electron chi connectivity index (χ1n) is 8.17. The van der Waals surface area contributed by atoms with Crippen LogP contribution in [-0.2, 0) is 4.74 Å². The molecule has 1 fully saturated rings. The van der Waals surface area contributed by atoms with E-state index in [4.69, 9.17) is 25.1 Å². The van der Waals surface area contributed by atoms with Crippen molar-refractivity contribution in [2.24, 2.45) is 10.7 Å². The van der Waals surface area contributed by atoms with Gasteiger partial charge in [0.15, 0.2) is 12.1 Å². The van der Waals surface area contributed by atoms with E-state index in [1.165, 1.54) is 25.6 Å². The van der Waals surface area contributed by atoms with Crippen molar-refractivity contribution in [3.8, 4) is 11.5 Å². The Morgan fingerprint density at radius 1 is 1.29 bits per heavy atom. The summed E-state index contributed by atoms with van der Waals surface area (Å²) in [6, 6.07) is 6.27. The highest BCUT2D eigenvalue weighted by Crippen LogP contribution is 2.28. The van der Waals surface area contributed by atoms with Gasteiger partial charge in [-0.3, -0.25) is 0 Å². The van der Waals surface area contributed by atoms with Crippen molar-refractivity contribution >= 4 is 11.9 Å². The second kappa shape index (κ2) is 8.31. The van der Waals surface area contributed by atoms with Gasteiger partial charge in [0.05, 0.1) is 13.7 Å². The summed E-state index contributed by atoms with van der Waals surface area (Å²) in [5.41, 5.74) is 5.72. The van der Waals surface area contributed by atoms with Crippen molar-refractivity contribution in [3.63, 3.8) is 0 Å². The van der Waals surface area contributed by atoms with E-state index in [2.05, 4.69) is 15.1 Å². The smallest absolute Gasteiger partial charge is 0.441 e. The van der Waals surface area contributed by atoms with Gasteiger partial charge < -0.3 is 35.3 Å². The molecule has 3 rings (SSSR count). The third-order valence-corrected chi connectivity index (χ3v) is 3.99. The number of hydrogen-bond donors (Lipinski definition) is 4. The zero-order valence-corrected chi connectivity index (χ0v) is 14.7. The predicted octanol–water partition coefficient (Wildman–Crippen LogP) is -1.20. The number of ether oxygens (including phenoxy) is 3. The average Bonchev–Trinajstić information content (AvgIpc) is 3.28. The maximum absolute atomic E-state index is 11.9. The fraction of sp³-hybridized carbons (Fsp3) is 0.375. The largest absolute Gasteiger partial charge is 0.497 e. The molecule has 4 unspecified atom stereocenters. The number of aliphatic imine (C=N–C) groups is 1. The number of amidine groups is 1. The zero-order valence-electron chi connectivity index (χ0n) is 14.7. The molecule has 2 heterocycles. The number of amides is 1. The maximum Gasteiger partial charge on any atom is 0.441 e. The van der Waals surface area contributed by atoms with Crippen LogP contribution >= 0.6 is 0 Å². The Kier molecular flexibility index (Phi) is 5.84. The van der Waals surface area contributed by atoms with E-state index in [-0.39, 0.29) is 17.4 Å². The molecule has 1 saturated heterocycles. The number of aliphatic hydroxyl groups excluding tert-OH is 3. The first-order valence-corrected chi connectivity index (χ1v) is 8.17. The molecule has 150 valence electrons. The van der Waals surface area contributed by atoms with E-state index in [9.17, 15) is 15.0 Å². The van der Waals surface area contributed by atoms with Crippen molar-refractivity contribution in [1.82, 2.24) is 14.8 Å². The topological polar surface area (TPSA) is 175 Å². The third kappa shape index (κ3) is 4.09. The lowest BCUT2D eigenvalue weighted by molar-refractivity contribution is -0.0588. The molecule has 0 bridgehead atoms. The summed E-state index contributed by atoms with van der Waals surface area (Å²) in [5, 5.41) is 32.9. The van der Waals surface area contributed by atoms with E-state index in [0.29, 0.717) is 5.75 Å². The summed E-state index contributed by atoms with van der Waals surface area (Å²) in [7, 11) is 1.51. The van der Waals surface area contributed by atoms with E-state index in [1.54, 1.807) is 12.1 Å². The average molecular weight is 393 g/mol. The summed E-state index contributed by atoms with van der Waals surface area (Å²) >= 11 is 0. The minimum absolute atomic E-state index is 0.107. The van der Waals surface area contributed by atoms with Gasteiger partial charge >= 0.3 is 6.09 Å². The molecule has 5 N–H and O–H groups in total. The molecular formula is C16H19N5O7. The maximum atomic E-state index is 11.9. The zero-order chi connectivity index (χ0) is 20.3. The van der Waals surface area contributed by atoms with Crippen LogP contribution in [0.25, 0.3) is 0 Å². The van der Waals surface area contributed by atoms with Gasteiger partial charge in [-0.1, -0.05) is 0 Å². The Hall–Kier alpha value is -3.06. The lowest BCUT2D eigenvalue weighted by Crippen LogP contribution is -2.33. The number of nitrogens with zero attached hydrogens (tertiary/aromatic N) is 4. The van der Waals surface area contributed by atoms with Crippen molar-refractivity contribution in [1.29, 1.82) is 0 Å². The summed E-state index contributed by atoms with van der Waals surface area (Å²) in [6.45, 7) is -0.475. The van der Waals surface area contributed by atoms with Crippen molar-refractivity contribution < 1.29 is 34.3 Å². The molecule has 1 amide bonds. The Balaban J connectivity index is 1.67. The fourth-order valence-corrected chi connectivity index (χ4v) is 2.53. The molecule has 1 aromatic heterocycles. The minimum Gasteiger partial charge on any atom is -0.497 e. The van der Waals surface area contributed by atoms with Crippen LogP contribution in [0.15, 0.2) is 35.6 Å². The van der Waals surface area contributed by atoms with Crippen LogP contribution in [0, 0.1) is 0 Å². The lowest BCUT2D eigenvalue weighted by atomic mass is 10.1. The van der Waals surface area contributed by atoms with Gasteiger partial charge in [-0.2, -0.15) is 4.99 Å². The van der Waals surface area contributed by atoms with E-state index < -0.39 is 37.2 Å². The van der Waals surface area contributed by atoms with Crippen molar-refractivity contribution in [3.05, 3.63) is 36.4 Å². The summed E-state index contributed by atoms with van der Waals surface area (Å²) in [5.74, 6) is 0.420. The molecule has 0 radical (unpaired) electrons. The lowest BCUT2D eigenvalue weighted by Gasteiger charge is -2.13. The van der Waals surface area contributed by atoms with E-state index in [0.717, 1.165) is 4.68 Å². The van der Waals surface area contributed by atoms with Gasteiger partial charge in [0.1, 0.15) is 36.1 Å². The molecule has 4 atom stereocenters. The second-order valence-corrected chi connectivity index (χ2v) is 5.82. The molecule has 1 aliphatic heterocycles. The number of aliphatic hydroxyl groups is 3. The minimum atomic E-state index is -1.33. The molecule has 12 nitrogen and oxygen atoms in total. The van der Waals surface area contributed by atoms with Gasteiger partial charge in [0.2, 0.25) is 5.82 Å². The van der Waals surface area contributed by atoms with Crippen molar-refractivity contribution in [2.45, 2.75) is 24.5 Å². The quantitative estimate of drug-likeness (QED) is 0.357. The first kappa shape index (κ1) is 19.7. The highest BCUT2D eigenvalue weighted by atomic mass is 16.6. The summed E-state index contributed by atoms with van der Waals surface area (Å²) < 4.78 is 16.5. The van der Waals surface area contributed by atoms with Crippen molar-refractivity contribution in [2.75, 3.05) is 13.7 Å². The monoisotopic (exact) mass is 393 g/mol. The number of carbonyl (C=O) groups excluding carboxylic acids is 1. The Morgan fingerprint density at radius 3 is 2.57 bits per heavy atom. The third-order valence-electron chi connectivity index (χ3n) is 3.99. The normalized spacial score (nSPS) is 24.9. The molecule has 0 spiro atoms. The van der Waals surface area contributed by atoms with Crippen LogP contribution in [0.2, 0.25) is 0 Å². The SMILES string of the molecule is COc1ccc(OC(=O)/N=C(/N)c2ncn(C3OC(CO)C(O)C3O)n2)cc1. The first-order chi connectivity index (χ1) is 13.4. The second-order valence-electron chi connectivity index (χ2n) is 5.82. The molecule has 1 aromatic carbocycles. The van der Waals surface area contributed by atoms with Crippen LogP contribution in [0.5, 0.6) is 11.5 Å². The van der Waals surface area contributed by atoms with Gasteiger partial charge in [0.25, 0.3) is 0 Å². The Bertz CT molecular complexity index is 853. The molecule has 0 aliphatic carbocycles. The Morgan fingerprint density at radius 2 is 1.96 bits per heavy atom. The standard InChI is InChI=1S/C16H19N5O7/c1-26-8-2-4-9(5-3-8)27-16(25)19-13(17)14-18-7-21(20-14)15-12(24)11(23)10(6-22)28-15/h2-5,7,10-12,15,22-24H,6H2,1H3,(H2,17,19,25). The molecule has 1 aliphatic rings. The number of carbonyl (C=O) groups is 1. The van der Waals surface area contributed by atoms with Gasteiger partial charge in [0, 0.05) is 0 Å². The van der Waals surface area contributed by atoms with Gasteiger partial charge in [-0.15, -0.1) is 5.10 Å². The number of hydrogen-bond acceptors (Lipinski definition) is 9. The number of methoxy groups -OCH3 is 1. The van der Waals surface area contributed by atoms with Crippen LogP contribution in [-0.4, -0.2) is 74.0 Å². The van der Waals surface area contributed by atoms with Crippen LogP contribution in [0.3, 0.4) is 0 Å². The van der Waals surface area contributed by atoms with Crippen LogP contribution < -0.4 is 15.2 Å². The van der Waals surface area contributed by atoms with Gasteiger partial charge in [-0.05, 0) is 24.3 Å². The van der Waals surface area contributed by atoms with E-state index >= 15 is 0 Å². The van der Waals surface area contributed by atoms with Crippen LogP contribution in [0.1, 0.15) is 12.1 Å². The Labute approximate surface area is 158 Å². The van der Waals surface area contributed by atoms with Gasteiger partial charge in [-0.25, -0.2) is 14.5 Å². The van der Waals surface area contributed by atoms with Crippen LogP contribution in [0.4, 0.5) is 4.79 Å². The predicted molar refractivity (Wildman–Crippen MR) is 92.8 cm³/mol.